The molecule has 1 aliphatic heterocycles. The fraction of sp³-hybridized carbons (Fsp3) is 1.00. The van der Waals surface area contributed by atoms with E-state index in [2.05, 4.69) is 31.0 Å². The van der Waals surface area contributed by atoms with Crippen molar-refractivity contribution in [2.75, 3.05) is 33.4 Å². The lowest BCUT2D eigenvalue weighted by atomic mass is 9.94. The standard InChI is InChI=1S/C16H34N2O/c1-5-14(3)16-13-18(15(6-2)12-17-16)10-8-7-9-11-19-4/h14-17H,5-13H2,1-4H3. The molecule has 1 aliphatic rings. The Labute approximate surface area is 120 Å². The van der Waals surface area contributed by atoms with Crippen LogP contribution in [0.5, 0.6) is 0 Å². The van der Waals surface area contributed by atoms with E-state index in [1.807, 2.05) is 0 Å². The lowest BCUT2D eigenvalue weighted by Gasteiger charge is -2.42. The van der Waals surface area contributed by atoms with Crippen molar-refractivity contribution in [1.29, 1.82) is 0 Å². The van der Waals surface area contributed by atoms with E-state index >= 15 is 0 Å². The van der Waals surface area contributed by atoms with Gasteiger partial charge in [-0.25, -0.2) is 0 Å². The molecule has 0 radical (unpaired) electrons. The summed E-state index contributed by atoms with van der Waals surface area (Å²) in [5.41, 5.74) is 0. The molecule has 3 unspecified atom stereocenters. The Morgan fingerprint density at radius 2 is 2.05 bits per heavy atom. The molecule has 3 nitrogen and oxygen atoms in total. The summed E-state index contributed by atoms with van der Waals surface area (Å²) in [6, 6.07) is 1.43. The van der Waals surface area contributed by atoms with Gasteiger partial charge in [-0.1, -0.05) is 27.2 Å². The van der Waals surface area contributed by atoms with E-state index in [4.69, 9.17) is 4.74 Å². The van der Waals surface area contributed by atoms with Crippen molar-refractivity contribution < 1.29 is 4.74 Å². The number of nitrogens with one attached hydrogen (secondary N) is 1. The average molecular weight is 270 g/mol. The minimum atomic E-state index is 0.687. The Morgan fingerprint density at radius 1 is 1.26 bits per heavy atom. The number of unbranched alkanes of at least 4 members (excludes halogenated alkanes) is 2. The molecule has 1 N–H and O–H groups in total. The molecule has 3 atom stereocenters. The van der Waals surface area contributed by atoms with Gasteiger partial charge in [-0.3, -0.25) is 4.90 Å². The minimum absolute atomic E-state index is 0.687. The van der Waals surface area contributed by atoms with Gasteiger partial charge in [0.1, 0.15) is 0 Å². The van der Waals surface area contributed by atoms with E-state index in [1.165, 1.54) is 51.7 Å². The summed E-state index contributed by atoms with van der Waals surface area (Å²) < 4.78 is 5.12. The van der Waals surface area contributed by atoms with Gasteiger partial charge in [-0.15, -0.1) is 0 Å². The maximum Gasteiger partial charge on any atom is 0.0462 e. The number of hydrogen-bond acceptors (Lipinski definition) is 3. The molecule has 0 bridgehead atoms. The number of piperazine rings is 1. The molecular weight excluding hydrogens is 236 g/mol. The number of rotatable bonds is 9. The summed E-state index contributed by atoms with van der Waals surface area (Å²) in [7, 11) is 1.79. The van der Waals surface area contributed by atoms with E-state index in [-0.39, 0.29) is 0 Å². The topological polar surface area (TPSA) is 24.5 Å². The average Bonchev–Trinajstić information content (AvgIpc) is 2.46. The van der Waals surface area contributed by atoms with E-state index in [0.717, 1.165) is 18.6 Å². The second-order valence-electron chi connectivity index (χ2n) is 6.01. The predicted octanol–water partition coefficient (Wildman–Crippen LogP) is 2.90. The molecule has 19 heavy (non-hydrogen) atoms. The largest absolute Gasteiger partial charge is 0.385 e. The van der Waals surface area contributed by atoms with Gasteiger partial charge in [0.15, 0.2) is 0 Å². The van der Waals surface area contributed by atoms with Crippen LogP contribution in [0.15, 0.2) is 0 Å². The van der Waals surface area contributed by atoms with Gasteiger partial charge >= 0.3 is 0 Å². The molecule has 1 heterocycles. The first-order chi connectivity index (χ1) is 9.22. The molecule has 0 spiro atoms. The molecule has 1 fully saturated rings. The van der Waals surface area contributed by atoms with Crippen LogP contribution in [-0.2, 0) is 4.74 Å². The van der Waals surface area contributed by atoms with Gasteiger partial charge in [0.25, 0.3) is 0 Å². The zero-order valence-corrected chi connectivity index (χ0v) is 13.5. The SMILES string of the molecule is CCC(C)C1CN(CCCCCOC)C(CC)CN1. The molecule has 1 saturated heterocycles. The van der Waals surface area contributed by atoms with Crippen LogP contribution in [-0.4, -0.2) is 50.3 Å². The number of methoxy groups -OCH3 is 1. The predicted molar refractivity (Wildman–Crippen MR) is 82.6 cm³/mol. The normalized spacial score (nSPS) is 26.5. The van der Waals surface area contributed by atoms with E-state index < -0.39 is 0 Å². The maximum absolute atomic E-state index is 5.12. The summed E-state index contributed by atoms with van der Waals surface area (Å²) in [4.78, 5) is 2.72. The van der Waals surface area contributed by atoms with Gasteiger partial charge in [0.05, 0.1) is 0 Å². The molecule has 0 saturated carbocycles. The van der Waals surface area contributed by atoms with E-state index in [1.54, 1.807) is 7.11 Å². The van der Waals surface area contributed by atoms with Crippen molar-refractivity contribution in [3.63, 3.8) is 0 Å². The molecule has 1 rings (SSSR count). The molecular formula is C16H34N2O. The van der Waals surface area contributed by atoms with E-state index in [9.17, 15) is 0 Å². The molecule has 0 amide bonds. The first-order valence-electron chi connectivity index (χ1n) is 8.19. The third kappa shape index (κ3) is 5.80. The zero-order chi connectivity index (χ0) is 14.1. The summed E-state index contributed by atoms with van der Waals surface area (Å²) in [5.74, 6) is 0.786. The first kappa shape index (κ1) is 16.9. The highest BCUT2D eigenvalue weighted by Gasteiger charge is 2.28. The van der Waals surface area contributed by atoms with Crippen LogP contribution in [0, 0.1) is 5.92 Å². The Hall–Kier alpha value is -0.120. The number of ether oxygens (including phenoxy) is 1. The van der Waals surface area contributed by atoms with Gasteiger partial charge in [-0.2, -0.15) is 0 Å². The fourth-order valence-corrected chi connectivity index (χ4v) is 2.96. The smallest absolute Gasteiger partial charge is 0.0462 e. The lowest BCUT2D eigenvalue weighted by Crippen LogP contribution is -2.58. The van der Waals surface area contributed by atoms with Crippen molar-refractivity contribution in [2.24, 2.45) is 5.92 Å². The minimum Gasteiger partial charge on any atom is -0.385 e. The third-order valence-electron chi connectivity index (χ3n) is 4.66. The van der Waals surface area contributed by atoms with Crippen molar-refractivity contribution in [2.45, 2.75) is 65.0 Å². The lowest BCUT2D eigenvalue weighted by molar-refractivity contribution is 0.103. The molecule has 0 aliphatic carbocycles. The van der Waals surface area contributed by atoms with Gasteiger partial charge < -0.3 is 10.1 Å². The second-order valence-corrected chi connectivity index (χ2v) is 6.01. The molecule has 114 valence electrons. The summed E-state index contributed by atoms with van der Waals surface area (Å²) >= 11 is 0. The fourth-order valence-electron chi connectivity index (χ4n) is 2.96. The third-order valence-corrected chi connectivity index (χ3v) is 4.66. The highest BCUT2D eigenvalue weighted by molar-refractivity contribution is 4.87. The monoisotopic (exact) mass is 270 g/mol. The van der Waals surface area contributed by atoms with Crippen LogP contribution in [0.25, 0.3) is 0 Å². The maximum atomic E-state index is 5.12. The van der Waals surface area contributed by atoms with Crippen molar-refractivity contribution >= 4 is 0 Å². The van der Waals surface area contributed by atoms with Crippen LogP contribution < -0.4 is 5.32 Å². The Kier molecular flexibility index (Phi) is 8.67. The highest BCUT2D eigenvalue weighted by Crippen LogP contribution is 2.17. The van der Waals surface area contributed by atoms with Gasteiger partial charge in [0, 0.05) is 38.9 Å². The second kappa shape index (κ2) is 9.73. The van der Waals surface area contributed by atoms with Crippen LogP contribution in [0.2, 0.25) is 0 Å². The molecule has 3 heteroatoms. The van der Waals surface area contributed by atoms with Crippen LogP contribution in [0.4, 0.5) is 0 Å². The van der Waals surface area contributed by atoms with Crippen LogP contribution >= 0.6 is 0 Å². The van der Waals surface area contributed by atoms with Crippen LogP contribution in [0.3, 0.4) is 0 Å². The van der Waals surface area contributed by atoms with Crippen molar-refractivity contribution in [3.05, 3.63) is 0 Å². The van der Waals surface area contributed by atoms with E-state index in [0.29, 0.717) is 6.04 Å². The quantitative estimate of drug-likeness (QED) is 0.652. The van der Waals surface area contributed by atoms with Gasteiger partial charge in [-0.05, 0) is 38.1 Å². The molecule has 0 aromatic rings. The molecule has 0 aromatic carbocycles. The zero-order valence-electron chi connectivity index (χ0n) is 13.5. The summed E-state index contributed by atoms with van der Waals surface area (Å²) in [6.45, 7) is 11.6. The van der Waals surface area contributed by atoms with Crippen molar-refractivity contribution in [3.8, 4) is 0 Å². The number of nitrogens with zero attached hydrogens (tertiary/aromatic N) is 1. The van der Waals surface area contributed by atoms with Gasteiger partial charge in [0.2, 0.25) is 0 Å². The highest BCUT2D eigenvalue weighted by atomic mass is 16.5. The summed E-state index contributed by atoms with van der Waals surface area (Å²) in [6.07, 6.45) is 6.35. The Balaban J connectivity index is 2.33. The Morgan fingerprint density at radius 3 is 2.68 bits per heavy atom. The Bertz CT molecular complexity index is 223. The number of hydrogen-bond donors (Lipinski definition) is 1. The van der Waals surface area contributed by atoms with Crippen molar-refractivity contribution in [1.82, 2.24) is 10.2 Å². The molecule has 0 aromatic heterocycles. The summed E-state index contributed by atoms with van der Waals surface area (Å²) in [5, 5.41) is 3.75. The van der Waals surface area contributed by atoms with Crippen LogP contribution in [0.1, 0.15) is 52.9 Å². The first-order valence-corrected chi connectivity index (χ1v) is 8.19.